The number of anilines is 2. The third kappa shape index (κ3) is 2.93. The Morgan fingerprint density at radius 3 is 2.51 bits per heavy atom. The van der Waals surface area contributed by atoms with Gasteiger partial charge in [0.15, 0.2) is 0 Å². The Labute approximate surface area is 216 Å². The van der Waals surface area contributed by atoms with Gasteiger partial charge in [0.05, 0.1) is 0 Å². The fourth-order valence-corrected chi connectivity index (χ4v) is 6.58. The summed E-state index contributed by atoms with van der Waals surface area (Å²) < 4.78 is 6.32. The van der Waals surface area contributed by atoms with Crippen LogP contribution in [0.1, 0.15) is 48.9 Å². The van der Waals surface area contributed by atoms with Crippen LogP contribution in [0, 0.1) is 0 Å². The van der Waals surface area contributed by atoms with Gasteiger partial charge < -0.3 is 9.73 Å². The molecule has 1 N–H and O–H groups in total. The van der Waals surface area contributed by atoms with Gasteiger partial charge in [-0.1, -0.05) is 80.6 Å². The van der Waals surface area contributed by atoms with E-state index in [4.69, 9.17) is 4.42 Å². The molecule has 5 aromatic rings. The molecule has 0 spiro atoms. The highest BCUT2D eigenvalue weighted by atomic mass is 16.3. The molecule has 0 amide bonds. The van der Waals surface area contributed by atoms with Crippen LogP contribution in [0.25, 0.3) is 50.8 Å². The maximum atomic E-state index is 6.32. The number of para-hydroxylation sites is 2. The Balaban J connectivity index is 1.24. The monoisotopic (exact) mass is 477 g/mol. The van der Waals surface area contributed by atoms with E-state index >= 15 is 0 Å². The second kappa shape index (κ2) is 7.36. The van der Waals surface area contributed by atoms with Gasteiger partial charge in [-0.05, 0) is 82.1 Å². The number of hydrogen-bond donors (Lipinski definition) is 1. The molecule has 0 unspecified atom stereocenters. The summed E-state index contributed by atoms with van der Waals surface area (Å²) in [5.41, 5.74) is 14.8. The van der Waals surface area contributed by atoms with Crippen LogP contribution < -0.4 is 5.32 Å². The van der Waals surface area contributed by atoms with Crippen LogP contribution in [0.5, 0.6) is 0 Å². The molecule has 1 aliphatic heterocycles. The van der Waals surface area contributed by atoms with Crippen molar-refractivity contribution in [1.82, 2.24) is 0 Å². The fraction of sp³-hybridized carbons (Fsp3) is 0.143. The molecule has 0 atom stereocenters. The average Bonchev–Trinajstić information content (AvgIpc) is 3.33. The van der Waals surface area contributed by atoms with E-state index in [-0.39, 0.29) is 5.41 Å². The normalized spacial score (nSPS) is 16.8. The number of furan rings is 1. The van der Waals surface area contributed by atoms with Crippen molar-refractivity contribution in [2.45, 2.75) is 32.1 Å². The van der Waals surface area contributed by atoms with Crippen LogP contribution in [-0.2, 0) is 5.41 Å². The predicted octanol–water partition coefficient (Wildman–Crippen LogP) is 9.88. The highest BCUT2D eigenvalue weighted by molar-refractivity contribution is 6.09. The van der Waals surface area contributed by atoms with Gasteiger partial charge in [0.2, 0.25) is 0 Å². The summed E-state index contributed by atoms with van der Waals surface area (Å²) in [5, 5.41) is 6.09. The van der Waals surface area contributed by atoms with Crippen molar-refractivity contribution in [1.29, 1.82) is 0 Å². The molecular formula is C35H27NO. The van der Waals surface area contributed by atoms with E-state index in [1.165, 1.54) is 39.1 Å². The van der Waals surface area contributed by atoms with Crippen molar-refractivity contribution < 1.29 is 4.42 Å². The maximum absolute atomic E-state index is 6.32. The topological polar surface area (TPSA) is 25.2 Å². The van der Waals surface area contributed by atoms with Crippen LogP contribution in [-0.4, -0.2) is 0 Å². The molecule has 2 aliphatic carbocycles. The Hall–Kier alpha value is -4.30. The quantitative estimate of drug-likeness (QED) is 0.255. The minimum absolute atomic E-state index is 0.0437. The first kappa shape index (κ1) is 20.8. The van der Waals surface area contributed by atoms with Crippen LogP contribution in [0.4, 0.5) is 11.4 Å². The lowest BCUT2D eigenvalue weighted by Crippen LogP contribution is -2.16. The number of benzene rings is 4. The number of rotatable bonds is 1. The van der Waals surface area contributed by atoms with Gasteiger partial charge in [0, 0.05) is 33.1 Å². The molecule has 4 aromatic carbocycles. The SMILES string of the molecule is CC1(C)C2=C(CCC=C2)c2cc3c(cc21)C=Cc1cc(-c2cccc4c2oc2ccccc24)ccc1N3. The van der Waals surface area contributed by atoms with E-state index in [0.717, 1.165) is 51.6 Å². The highest BCUT2D eigenvalue weighted by Gasteiger charge is 2.37. The van der Waals surface area contributed by atoms with Gasteiger partial charge in [-0.15, -0.1) is 0 Å². The van der Waals surface area contributed by atoms with Crippen LogP contribution in [0.15, 0.2) is 94.9 Å². The molecule has 0 radical (unpaired) electrons. The molecular weight excluding hydrogens is 450 g/mol. The maximum Gasteiger partial charge on any atom is 0.143 e. The number of allylic oxidation sites excluding steroid dienone is 4. The molecule has 0 fully saturated rings. The zero-order valence-corrected chi connectivity index (χ0v) is 21.1. The van der Waals surface area contributed by atoms with Crippen LogP contribution in [0.2, 0.25) is 0 Å². The Kier molecular flexibility index (Phi) is 4.15. The summed E-state index contributed by atoms with van der Waals surface area (Å²) in [5.74, 6) is 0. The molecule has 3 aliphatic rings. The van der Waals surface area contributed by atoms with E-state index in [0.29, 0.717) is 0 Å². The fourth-order valence-electron chi connectivity index (χ4n) is 6.58. The molecule has 2 heteroatoms. The Morgan fingerprint density at radius 2 is 1.59 bits per heavy atom. The minimum atomic E-state index is 0.0437. The van der Waals surface area contributed by atoms with Crippen molar-refractivity contribution >= 4 is 51.0 Å². The van der Waals surface area contributed by atoms with E-state index < -0.39 is 0 Å². The van der Waals surface area contributed by atoms with Gasteiger partial charge in [0.1, 0.15) is 11.2 Å². The van der Waals surface area contributed by atoms with Crippen LogP contribution >= 0.6 is 0 Å². The average molecular weight is 478 g/mol. The third-order valence-corrected chi connectivity index (χ3v) is 8.51. The van der Waals surface area contributed by atoms with Gasteiger partial charge in [-0.3, -0.25) is 0 Å². The lowest BCUT2D eigenvalue weighted by Gasteiger charge is -2.24. The first-order valence-electron chi connectivity index (χ1n) is 13.2. The summed E-state index contributed by atoms with van der Waals surface area (Å²) in [4.78, 5) is 0. The van der Waals surface area contributed by atoms with Gasteiger partial charge in [0.25, 0.3) is 0 Å². The molecule has 0 saturated carbocycles. The van der Waals surface area contributed by atoms with Crippen molar-refractivity contribution in [3.05, 3.63) is 113 Å². The second-order valence-corrected chi connectivity index (χ2v) is 11.0. The van der Waals surface area contributed by atoms with Crippen LogP contribution in [0.3, 0.4) is 0 Å². The number of fused-ring (bicyclic) bond motifs is 7. The van der Waals surface area contributed by atoms with Crippen molar-refractivity contribution in [2.75, 3.05) is 5.32 Å². The van der Waals surface area contributed by atoms with Crippen molar-refractivity contribution in [3.8, 4) is 11.1 Å². The summed E-state index contributed by atoms with van der Waals surface area (Å²) >= 11 is 0. The van der Waals surface area contributed by atoms with Gasteiger partial charge in [-0.2, -0.15) is 0 Å². The molecule has 178 valence electrons. The van der Waals surface area contributed by atoms with Crippen molar-refractivity contribution in [2.24, 2.45) is 0 Å². The first-order chi connectivity index (χ1) is 18.1. The third-order valence-electron chi connectivity index (χ3n) is 8.51. The summed E-state index contributed by atoms with van der Waals surface area (Å²) in [6.45, 7) is 4.73. The number of hydrogen-bond acceptors (Lipinski definition) is 2. The Morgan fingerprint density at radius 1 is 0.757 bits per heavy atom. The molecule has 2 nitrogen and oxygen atoms in total. The lowest BCUT2D eigenvalue weighted by molar-refractivity contribution is 0.651. The predicted molar refractivity (Wildman–Crippen MR) is 156 cm³/mol. The van der Waals surface area contributed by atoms with E-state index in [1.54, 1.807) is 0 Å². The van der Waals surface area contributed by atoms with Gasteiger partial charge in [-0.25, -0.2) is 0 Å². The van der Waals surface area contributed by atoms with E-state index in [2.05, 4.69) is 104 Å². The smallest absolute Gasteiger partial charge is 0.143 e. The first-order valence-corrected chi connectivity index (χ1v) is 13.2. The molecule has 2 heterocycles. The standard InChI is InChI=1S/C35H27NO/c1-35(2)29-12-5-3-8-25(29)28-20-32-23(19-30(28)35)15-14-22-18-21(16-17-31(22)36-32)24-10-7-11-27-26-9-4-6-13-33(26)37-34(24)27/h4-7,9-20,36H,3,8H2,1-2H3. The van der Waals surface area contributed by atoms with Crippen molar-refractivity contribution in [3.63, 3.8) is 0 Å². The van der Waals surface area contributed by atoms with Gasteiger partial charge >= 0.3 is 0 Å². The van der Waals surface area contributed by atoms with E-state index in [9.17, 15) is 0 Å². The zero-order chi connectivity index (χ0) is 24.7. The summed E-state index contributed by atoms with van der Waals surface area (Å²) in [7, 11) is 0. The Bertz CT molecular complexity index is 1880. The molecule has 0 saturated heterocycles. The second-order valence-electron chi connectivity index (χ2n) is 11.0. The number of nitrogens with one attached hydrogen (secondary N) is 1. The summed E-state index contributed by atoms with van der Waals surface area (Å²) in [6.07, 6.45) is 11.5. The summed E-state index contributed by atoms with van der Waals surface area (Å²) in [6, 6.07) is 26.2. The molecule has 1 aromatic heterocycles. The van der Waals surface area contributed by atoms with E-state index in [1.807, 2.05) is 12.1 Å². The molecule has 8 rings (SSSR count). The lowest BCUT2D eigenvalue weighted by atomic mass is 9.79. The molecule has 37 heavy (non-hydrogen) atoms. The minimum Gasteiger partial charge on any atom is -0.455 e. The highest BCUT2D eigenvalue weighted by Crippen LogP contribution is 2.52. The largest absolute Gasteiger partial charge is 0.455 e. The molecule has 0 bridgehead atoms. The zero-order valence-electron chi connectivity index (χ0n) is 21.1.